The second-order valence-corrected chi connectivity index (χ2v) is 7.96. The Balaban J connectivity index is 0.00000729. The molecule has 1 atom stereocenters. The molecule has 0 spiro atoms. The summed E-state index contributed by atoms with van der Waals surface area (Å²) in [6.45, 7) is 12.7. The van der Waals surface area contributed by atoms with Crippen LogP contribution in [0.5, 0.6) is 0 Å². The van der Waals surface area contributed by atoms with E-state index in [9.17, 15) is 4.79 Å². The average molecular weight is 503 g/mol. The standard InChI is InChI=1S/C21H37N5O.HI/c1-7-22-20(24-15-19(27)25-21(3,4)5)23-14-13-17(2)26(6)16-18-11-9-8-10-12-18;/h8-12,17H,7,13-16H2,1-6H3,(H,25,27)(H2,22,23,24);1H. The number of hydrogen-bond acceptors (Lipinski definition) is 3. The Kier molecular flexibility index (Phi) is 13.1. The highest BCUT2D eigenvalue weighted by Gasteiger charge is 2.13. The van der Waals surface area contributed by atoms with E-state index < -0.39 is 0 Å². The van der Waals surface area contributed by atoms with Crippen LogP contribution in [0.3, 0.4) is 0 Å². The van der Waals surface area contributed by atoms with Crippen LogP contribution in [0.2, 0.25) is 0 Å². The monoisotopic (exact) mass is 503 g/mol. The number of carbonyl (C=O) groups is 1. The van der Waals surface area contributed by atoms with E-state index in [1.165, 1.54) is 5.56 Å². The van der Waals surface area contributed by atoms with Crippen molar-refractivity contribution < 1.29 is 4.79 Å². The van der Waals surface area contributed by atoms with Crippen LogP contribution in [0.4, 0.5) is 0 Å². The third-order valence-corrected chi connectivity index (χ3v) is 4.12. The van der Waals surface area contributed by atoms with Crippen molar-refractivity contribution in [2.45, 2.75) is 59.2 Å². The van der Waals surface area contributed by atoms with E-state index >= 15 is 0 Å². The Hall–Kier alpha value is -1.35. The first-order valence-electron chi connectivity index (χ1n) is 9.78. The number of nitrogens with zero attached hydrogens (tertiary/aromatic N) is 2. The first-order valence-corrected chi connectivity index (χ1v) is 9.78. The van der Waals surface area contributed by atoms with E-state index in [2.05, 4.69) is 64.1 Å². The number of guanidine groups is 1. The molecule has 0 aromatic heterocycles. The first-order chi connectivity index (χ1) is 12.7. The smallest absolute Gasteiger partial charge is 0.242 e. The summed E-state index contributed by atoms with van der Waals surface area (Å²) in [5, 5.41) is 9.43. The third kappa shape index (κ3) is 12.2. The molecule has 0 saturated heterocycles. The molecular weight excluding hydrogens is 465 g/mol. The van der Waals surface area contributed by atoms with Gasteiger partial charge in [0, 0.05) is 31.2 Å². The van der Waals surface area contributed by atoms with Gasteiger partial charge in [0.2, 0.25) is 5.91 Å². The molecule has 7 heteroatoms. The molecule has 160 valence electrons. The maximum Gasteiger partial charge on any atom is 0.242 e. The van der Waals surface area contributed by atoms with Gasteiger partial charge < -0.3 is 16.0 Å². The van der Waals surface area contributed by atoms with Gasteiger partial charge in [0.05, 0.1) is 0 Å². The van der Waals surface area contributed by atoms with E-state index in [4.69, 9.17) is 0 Å². The zero-order chi connectivity index (χ0) is 20.3. The number of aliphatic imine (C=N–C) groups is 1. The van der Waals surface area contributed by atoms with Gasteiger partial charge in [-0.3, -0.25) is 9.69 Å². The van der Waals surface area contributed by atoms with Crippen molar-refractivity contribution in [3.05, 3.63) is 35.9 Å². The quantitative estimate of drug-likeness (QED) is 0.276. The number of rotatable bonds is 9. The van der Waals surface area contributed by atoms with Gasteiger partial charge in [0.25, 0.3) is 0 Å². The fourth-order valence-corrected chi connectivity index (χ4v) is 2.60. The van der Waals surface area contributed by atoms with Crippen molar-refractivity contribution in [2.75, 3.05) is 26.7 Å². The molecule has 0 aliphatic rings. The predicted molar refractivity (Wildman–Crippen MR) is 129 cm³/mol. The minimum Gasteiger partial charge on any atom is -0.357 e. The zero-order valence-electron chi connectivity index (χ0n) is 18.2. The van der Waals surface area contributed by atoms with Gasteiger partial charge in [-0.1, -0.05) is 30.3 Å². The van der Waals surface area contributed by atoms with Gasteiger partial charge in [0.1, 0.15) is 6.54 Å². The second-order valence-electron chi connectivity index (χ2n) is 7.96. The van der Waals surface area contributed by atoms with Crippen LogP contribution in [-0.4, -0.2) is 55.0 Å². The fraction of sp³-hybridized carbons (Fsp3) is 0.619. The summed E-state index contributed by atoms with van der Waals surface area (Å²) in [6.07, 6.45) is 0.988. The summed E-state index contributed by atoms with van der Waals surface area (Å²) in [5.74, 6) is 0.607. The number of carbonyl (C=O) groups excluding carboxylic acids is 1. The summed E-state index contributed by atoms with van der Waals surface area (Å²) in [6, 6.07) is 10.9. The van der Waals surface area contributed by atoms with E-state index in [0.717, 1.165) is 26.1 Å². The van der Waals surface area contributed by atoms with Crippen LogP contribution < -0.4 is 16.0 Å². The maximum absolute atomic E-state index is 11.9. The molecule has 1 unspecified atom stereocenters. The molecule has 1 aromatic rings. The van der Waals surface area contributed by atoms with Crippen molar-refractivity contribution in [1.29, 1.82) is 0 Å². The molecule has 0 radical (unpaired) electrons. The molecule has 0 heterocycles. The molecule has 0 bridgehead atoms. The van der Waals surface area contributed by atoms with Gasteiger partial charge in [0.15, 0.2) is 5.96 Å². The molecule has 0 aliphatic heterocycles. The van der Waals surface area contributed by atoms with Crippen molar-refractivity contribution in [1.82, 2.24) is 20.9 Å². The molecule has 6 nitrogen and oxygen atoms in total. The van der Waals surface area contributed by atoms with E-state index in [-0.39, 0.29) is 42.0 Å². The number of amides is 1. The zero-order valence-corrected chi connectivity index (χ0v) is 20.5. The highest BCUT2D eigenvalue weighted by molar-refractivity contribution is 14.0. The third-order valence-electron chi connectivity index (χ3n) is 4.12. The molecule has 0 saturated carbocycles. The number of hydrogen-bond donors (Lipinski definition) is 3. The summed E-state index contributed by atoms with van der Waals surface area (Å²) in [5.41, 5.74) is 1.08. The van der Waals surface area contributed by atoms with Crippen LogP contribution in [0.15, 0.2) is 35.3 Å². The minimum atomic E-state index is -0.239. The highest BCUT2D eigenvalue weighted by Crippen LogP contribution is 2.07. The SMILES string of the molecule is CCNC(=NCC(=O)NC(C)(C)C)NCCC(C)N(C)Cc1ccccc1.I. The van der Waals surface area contributed by atoms with Crippen molar-refractivity contribution >= 4 is 35.8 Å². The van der Waals surface area contributed by atoms with Crippen molar-refractivity contribution in [2.24, 2.45) is 4.99 Å². The van der Waals surface area contributed by atoms with Crippen molar-refractivity contribution in [3.8, 4) is 0 Å². The topological polar surface area (TPSA) is 68.8 Å². The van der Waals surface area contributed by atoms with Crippen LogP contribution >= 0.6 is 24.0 Å². The Morgan fingerprint density at radius 3 is 2.39 bits per heavy atom. The van der Waals surface area contributed by atoms with Crippen LogP contribution in [0, 0.1) is 0 Å². The largest absolute Gasteiger partial charge is 0.357 e. The molecule has 0 fully saturated rings. The van der Waals surface area contributed by atoms with Crippen LogP contribution in [-0.2, 0) is 11.3 Å². The Morgan fingerprint density at radius 1 is 1.18 bits per heavy atom. The summed E-state index contributed by atoms with van der Waals surface area (Å²) >= 11 is 0. The van der Waals surface area contributed by atoms with E-state index in [1.807, 2.05) is 33.8 Å². The molecule has 1 rings (SSSR count). The van der Waals surface area contributed by atoms with E-state index in [0.29, 0.717) is 12.0 Å². The Labute approximate surface area is 188 Å². The normalized spacial score (nSPS) is 12.9. The molecule has 28 heavy (non-hydrogen) atoms. The van der Waals surface area contributed by atoms with Crippen molar-refractivity contribution in [3.63, 3.8) is 0 Å². The summed E-state index contributed by atoms with van der Waals surface area (Å²) in [7, 11) is 2.15. The van der Waals surface area contributed by atoms with Gasteiger partial charge >= 0.3 is 0 Å². The lowest BCUT2D eigenvalue weighted by molar-refractivity contribution is -0.121. The number of nitrogens with one attached hydrogen (secondary N) is 3. The number of benzene rings is 1. The highest BCUT2D eigenvalue weighted by atomic mass is 127. The minimum absolute atomic E-state index is 0. The molecule has 1 amide bonds. The molecule has 3 N–H and O–H groups in total. The summed E-state index contributed by atoms with van der Waals surface area (Å²) in [4.78, 5) is 18.7. The predicted octanol–water partition coefficient (Wildman–Crippen LogP) is 2.98. The van der Waals surface area contributed by atoms with Gasteiger partial charge in [-0.25, -0.2) is 4.99 Å². The van der Waals surface area contributed by atoms with Crippen LogP contribution in [0.1, 0.15) is 46.6 Å². The molecule has 0 aliphatic carbocycles. The van der Waals surface area contributed by atoms with Gasteiger partial charge in [-0.2, -0.15) is 0 Å². The van der Waals surface area contributed by atoms with E-state index in [1.54, 1.807) is 0 Å². The Morgan fingerprint density at radius 2 is 1.82 bits per heavy atom. The fourth-order valence-electron chi connectivity index (χ4n) is 2.60. The Bertz CT molecular complexity index is 586. The molecular formula is C21H38IN5O. The molecule has 1 aromatic carbocycles. The maximum atomic E-state index is 11.9. The lowest BCUT2D eigenvalue weighted by Crippen LogP contribution is -2.43. The lowest BCUT2D eigenvalue weighted by atomic mass is 10.1. The summed E-state index contributed by atoms with van der Waals surface area (Å²) < 4.78 is 0. The van der Waals surface area contributed by atoms with Gasteiger partial charge in [-0.15, -0.1) is 24.0 Å². The van der Waals surface area contributed by atoms with Gasteiger partial charge in [-0.05, 0) is 53.7 Å². The van der Waals surface area contributed by atoms with Crippen LogP contribution in [0.25, 0.3) is 0 Å². The average Bonchev–Trinajstić information content (AvgIpc) is 2.59. The number of halogens is 1. The first kappa shape index (κ1) is 26.6. The second kappa shape index (κ2) is 13.8. The lowest BCUT2D eigenvalue weighted by Gasteiger charge is -2.25.